The second kappa shape index (κ2) is 5.28. The molecule has 5 nitrogen and oxygen atoms in total. The highest BCUT2D eigenvalue weighted by atomic mass is 16.5. The van der Waals surface area contributed by atoms with Gasteiger partial charge in [-0.25, -0.2) is 4.98 Å². The van der Waals surface area contributed by atoms with Gasteiger partial charge in [-0.05, 0) is 29.8 Å². The maximum Gasteiger partial charge on any atom is 0.269 e. The van der Waals surface area contributed by atoms with Crippen LogP contribution < -0.4 is 16.0 Å². The fourth-order valence-electron chi connectivity index (χ4n) is 2.36. The Hall–Kier alpha value is -2.82. The van der Waals surface area contributed by atoms with Gasteiger partial charge in [0.25, 0.3) is 5.56 Å². The fraction of sp³-hybridized carbons (Fsp3) is 0.125. The van der Waals surface area contributed by atoms with Gasteiger partial charge in [0.15, 0.2) is 0 Å². The molecule has 0 atom stereocenters. The van der Waals surface area contributed by atoms with Crippen LogP contribution in [0.15, 0.2) is 53.5 Å². The molecule has 0 unspecified atom stereocenters. The van der Waals surface area contributed by atoms with Crippen molar-refractivity contribution >= 4 is 16.7 Å². The number of benzene rings is 2. The molecule has 0 saturated carbocycles. The zero-order chi connectivity index (χ0) is 14.8. The highest BCUT2D eigenvalue weighted by molar-refractivity contribution is 5.74. The molecule has 106 valence electrons. The smallest absolute Gasteiger partial charge is 0.269 e. The van der Waals surface area contributed by atoms with Gasteiger partial charge >= 0.3 is 0 Å². The summed E-state index contributed by atoms with van der Waals surface area (Å²) in [6.07, 6.45) is 1.34. The van der Waals surface area contributed by atoms with E-state index < -0.39 is 0 Å². The highest BCUT2D eigenvalue weighted by Crippen LogP contribution is 2.20. The van der Waals surface area contributed by atoms with E-state index in [1.807, 2.05) is 36.4 Å². The van der Waals surface area contributed by atoms with Gasteiger partial charge < -0.3 is 15.0 Å². The van der Waals surface area contributed by atoms with Crippen LogP contribution in [0.1, 0.15) is 5.56 Å². The Kier molecular flexibility index (Phi) is 3.31. The quantitative estimate of drug-likeness (QED) is 0.746. The van der Waals surface area contributed by atoms with E-state index in [9.17, 15) is 4.79 Å². The molecule has 0 aliphatic heterocycles. The molecule has 0 fully saturated rings. The van der Waals surface area contributed by atoms with Crippen molar-refractivity contribution in [2.45, 2.75) is 6.54 Å². The van der Waals surface area contributed by atoms with Crippen molar-refractivity contribution in [1.82, 2.24) is 9.55 Å². The molecule has 0 aliphatic carbocycles. The lowest BCUT2D eigenvalue weighted by Gasteiger charge is -2.11. The summed E-state index contributed by atoms with van der Waals surface area (Å²) >= 11 is 0. The number of aromatic nitrogens is 2. The molecule has 0 aliphatic rings. The van der Waals surface area contributed by atoms with Gasteiger partial charge in [-0.1, -0.05) is 12.1 Å². The maximum atomic E-state index is 12.1. The van der Waals surface area contributed by atoms with Crippen LogP contribution >= 0.6 is 0 Å². The molecule has 1 aromatic heterocycles. The largest absolute Gasteiger partial charge is 0.497 e. The van der Waals surface area contributed by atoms with E-state index in [1.165, 1.54) is 6.20 Å². The van der Waals surface area contributed by atoms with Gasteiger partial charge in [0.1, 0.15) is 5.75 Å². The monoisotopic (exact) mass is 281 g/mol. The van der Waals surface area contributed by atoms with Crippen LogP contribution in [0.5, 0.6) is 5.75 Å². The summed E-state index contributed by atoms with van der Waals surface area (Å²) in [6, 6.07) is 13.0. The fourth-order valence-corrected chi connectivity index (χ4v) is 2.36. The van der Waals surface area contributed by atoms with Gasteiger partial charge in [-0.2, -0.15) is 0 Å². The third-order valence-electron chi connectivity index (χ3n) is 3.32. The van der Waals surface area contributed by atoms with Crippen LogP contribution in [0.3, 0.4) is 0 Å². The minimum absolute atomic E-state index is 0.143. The van der Waals surface area contributed by atoms with E-state index in [-0.39, 0.29) is 5.56 Å². The van der Waals surface area contributed by atoms with E-state index in [0.717, 1.165) is 16.6 Å². The Balaban J connectivity index is 2.12. The van der Waals surface area contributed by atoms with Crippen LogP contribution in [-0.4, -0.2) is 16.7 Å². The average molecular weight is 281 g/mol. The predicted molar refractivity (Wildman–Crippen MR) is 82.5 cm³/mol. The van der Waals surface area contributed by atoms with Crippen molar-refractivity contribution in [2.24, 2.45) is 0 Å². The molecule has 0 saturated heterocycles. The number of fused-ring (bicyclic) bond motifs is 1. The van der Waals surface area contributed by atoms with Gasteiger partial charge in [0.05, 0.1) is 30.9 Å². The summed E-state index contributed by atoms with van der Waals surface area (Å²) in [7, 11) is 1.59. The van der Waals surface area contributed by atoms with Gasteiger partial charge in [0.2, 0.25) is 0 Å². The summed E-state index contributed by atoms with van der Waals surface area (Å²) in [4.78, 5) is 16.3. The second-order valence-corrected chi connectivity index (χ2v) is 4.79. The number of para-hydroxylation sites is 2. The Morgan fingerprint density at radius 3 is 2.86 bits per heavy atom. The Labute approximate surface area is 121 Å². The molecule has 3 aromatic rings. The van der Waals surface area contributed by atoms with E-state index >= 15 is 0 Å². The molecular formula is C16H15N3O2. The first-order valence-corrected chi connectivity index (χ1v) is 6.55. The number of anilines is 1. The molecule has 0 radical (unpaired) electrons. The van der Waals surface area contributed by atoms with Gasteiger partial charge in [-0.15, -0.1) is 0 Å². The normalized spacial score (nSPS) is 10.7. The summed E-state index contributed by atoms with van der Waals surface area (Å²) in [5, 5.41) is 0. The van der Waals surface area contributed by atoms with E-state index in [2.05, 4.69) is 4.98 Å². The van der Waals surface area contributed by atoms with Crippen LogP contribution in [0.25, 0.3) is 11.0 Å². The number of nitrogen functional groups attached to an aromatic ring is 1. The number of ether oxygens (including phenoxy) is 1. The topological polar surface area (TPSA) is 70.1 Å². The Morgan fingerprint density at radius 1 is 1.24 bits per heavy atom. The minimum atomic E-state index is -0.143. The molecule has 21 heavy (non-hydrogen) atoms. The predicted octanol–water partition coefficient (Wildman–Crippen LogP) is 2.04. The Bertz CT molecular complexity index is 856. The molecule has 2 aromatic carbocycles. The zero-order valence-corrected chi connectivity index (χ0v) is 11.6. The van der Waals surface area contributed by atoms with Crippen molar-refractivity contribution in [3.05, 3.63) is 64.6 Å². The summed E-state index contributed by atoms with van der Waals surface area (Å²) in [5.41, 5.74) is 8.81. The highest BCUT2D eigenvalue weighted by Gasteiger charge is 2.06. The van der Waals surface area contributed by atoms with Crippen molar-refractivity contribution in [3.8, 4) is 5.75 Å². The van der Waals surface area contributed by atoms with Gasteiger partial charge in [-0.3, -0.25) is 4.79 Å². The standard InChI is InChI=1S/C16H15N3O2/c1-21-13-7-11(6-12(17)8-13)10-19-15-5-3-2-4-14(15)18-9-16(19)20/h2-9H,10,17H2,1H3. The second-order valence-electron chi connectivity index (χ2n) is 4.79. The molecule has 3 rings (SSSR count). The maximum absolute atomic E-state index is 12.1. The number of rotatable bonds is 3. The number of nitrogens with zero attached hydrogens (tertiary/aromatic N) is 2. The SMILES string of the molecule is COc1cc(N)cc(Cn2c(=O)cnc3ccccc32)c1. The number of hydrogen-bond donors (Lipinski definition) is 1. The van der Waals surface area contributed by atoms with Crippen molar-refractivity contribution in [2.75, 3.05) is 12.8 Å². The van der Waals surface area contributed by atoms with Crippen molar-refractivity contribution < 1.29 is 4.74 Å². The third-order valence-corrected chi connectivity index (χ3v) is 3.32. The first kappa shape index (κ1) is 13.2. The molecule has 0 spiro atoms. The van der Waals surface area contributed by atoms with Crippen LogP contribution in [0, 0.1) is 0 Å². The van der Waals surface area contributed by atoms with E-state index in [4.69, 9.17) is 10.5 Å². The van der Waals surface area contributed by atoms with Crippen LogP contribution in [-0.2, 0) is 6.54 Å². The molecule has 0 bridgehead atoms. The number of nitrogens with two attached hydrogens (primary N) is 1. The molecular weight excluding hydrogens is 266 g/mol. The first-order chi connectivity index (χ1) is 10.2. The minimum Gasteiger partial charge on any atom is -0.497 e. The van der Waals surface area contributed by atoms with Crippen molar-refractivity contribution in [1.29, 1.82) is 0 Å². The number of hydrogen-bond acceptors (Lipinski definition) is 4. The zero-order valence-electron chi connectivity index (χ0n) is 11.6. The number of methoxy groups -OCH3 is 1. The third kappa shape index (κ3) is 2.58. The molecule has 0 amide bonds. The lowest BCUT2D eigenvalue weighted by atomic mass is 10.1. The lowest BCUT2D eigenvalue weighted by molar-refractivity contribution is 0.414. The van der Waals surface area contributed by atoms with Crippen LogP contribution in [0.2, 0.25) is 0 Å². The molecule has 1 heterocycles. The molecule has 2 N–H and O–H groups in total. The first-order valence-electron chi connectivity index (χ1n) is 6.55. The molecule has 5 heteroatoms. The average Bonchev–Trinajstić information content (AvgIpc) is 2.49. The van der Waals surface area contributed by atoms with Crippen molar-refractivity contribution in [3.63, 3.8) is 0 Å². The lowest BCUT2D eigenvalue weighted by Crippen LogP contribution is -2.21. The van der Waals surface area contributed by atoms with Gasteiger partial charge in [0, 0.05) is 11.8 Å². The Morgan fingerprint density at radius 2 is 2.05 bits per heavy atom. The summed E-state index contributed by atoms with van der Waals surface area (Å²) in [5.74, 6) is 0.677. The van der Waals surface area contributed by atoms with Crippen LogP contribution in [0.4, 0.5) is 5.69 Å². The summed E-state index contributed by atoms with van der Waals surface area (Å²) < 4.78 is 6.89. The summed E-state index contributed by atoms with van der Waals surface area (Å²) in [6.45, 7) is 0.420. The van der Waals surface area contributed by atoms with E-state index in [0.29, 0.717) is 18.0 Å². The van der Waals surface area contributed by atoms with E-state index in [1.54, 1.807) is 17.7 Å².